The van der Waals surface area contributed by atoms with Crippen LogP contribution < -0.4 is 10.1 Å². The van der Waals surface area contributed by atoms with E-state index in [0.29, 0.717) is 19.7 Å². The van der Waals surface area contributed by atoms with Gasteiger partial charge in [-0.15, -0.1) is 0 Å². The minimum absolute atomic E-state index is 0.198. The van der Waals surface area contributed by atoms with E-state index in [1.165, 1.54) is 0 Å². The summed E-state index contributed by atoms with van der Waals surface area (Å²) in [5.74, 6) is 1.04. The Kier molecular flexibility index (Phi) is 7.25. The molecule has 1 saturated heterocycles. The van der Waals surface area contributed by atoms with Gasteiger partial charge >= 0.3 is 0 Å². The lowest BCUT2D eigenvalue weighted by atomic mass is 10.2. The monoisotopic (exact) mass is 367 g/mol. The highest BCUT2D eigenvalue weighted by molar-refractivity contribution is 5.78. The standard InChI is InChI=1S/C22H29N3O2/c1-2-25(22(26)17-24-14-12-23-13-15-24)16-19-8-10-21(11-9-19)27-18-20-6-4-3-5-7-20/h3-11,23H,2,12-18H2,1H3. The molecule has 2 aromatic carbocycles. The van der Waals surface area contributed by atoms with E-state index in [9.17, 15) is 4.79 Å². The van der Waals surface area contributed by atoms with Gasteiger partial charge in [0.05, 0.1) is 6.54 Å². The SMILES string of the molecule is CCN(Cc1ccc(OCc2ccccc2)cc1)C(=O)CN1CCNCC1. The fourth-order valence-electron chi connectivity index (χ4n) is 3.19. The van der Waals surface area contributed by atoms with Crippen LogP contribution in [0.2, 0.25) is 0 Å². The van der Waals surface area contributed by atoms with Gasteiger partial charge < -0.3 is 15.0 Å². The molecule has 0 radical (unpaired) electrons. The van der Waals surface area contributed by atoms with E-state index in [-0.39, 0.29) is 5.91 Å². The molecule has 5 nitrogen and oxygen atoms in total. The zero-order valence-corrected chi connectivity index (χ0v) is 16.1. The molecule has 27 heavy (non-hydrogen) atoms. The molecule has 1 N–H and O–H groups in total. The van der Waals surface area contributed by atoms with Crippen molar-refractivity contribution < 1.29 is 9.53 Å². The highest BCUT2D eigenvalue weighted by Gasteiger charge is 2.18. The second-order valence-electron chi connectivity index (χ2n) is 6.85. The Balaban J connectivity index is 1.50. The molecule has 0 aromatic heterocycles. The molecule has 2 aromatic rings. The van der Waals surface area contributed by atoms with E-state index in [1.54, 1.807) is 0 Å². The number of carbonyl (C=O) groups excluding carboxylic acids is 1. The van der Waals surface area contributed by atoms with Crippen molar-refractivity contribution in [3.8, 4) is 5.75 Å². The van der Waals surface area contributed by atoms with E-state index in [1.807, 2.05) is 54.3 Å². The second kappa shape index (κ2) is 10.1. The largest absolute Gasteiger partial charge is 0.489 e. The van der Waals surface area contributed by atoms with Crippen LogP contribution in [0.4, 0.5) is 0 Å². The molecule has 5 heteroatoms. The number of nitrogens with one attached hydrogen (secondary N) is 1. The summed E-state index contributed by atoms with van der Waals surface area (Å²) in [6, 6.07) is 18.2. The predicted octanol–water partition coefficient (Wildman–Crippen LogP) is 2.52. The Morgan fingerprint density at radius 1 is 1.04 bits per heavy atom. The first kappa shape index (κ1) is 19.4. The molecule has 1 heterocycles. The molecule has 0 saturated carbocycles. The second-order valence-corrected chi connectivity index (χ2v) is 6.85. The van der Waals surface area contributed by atoms with Gasteiger partial charge in [-0.2, -0.15) is 0 Å². The van der Waals surface area contributed by atoms with E-state index >= 15 is 0 Å². The Bertz CT molecular complexity index is 697. The van der Waals surface area contributed by atoms with Crippen LogP contribution in [0.15, 0.2) is 54.6 Å². The number of rotatable bonds is 8. The van der Waals surface area contributed by atoms with Crippen LogP contribution in [0.1, 0.15) is 18.1 Å². The van der Waals surface area contributed by atoms with Crippen molar-refractivity contribution in [1.29, 1.82) is 0 Å². The number of hydrogen-bond donors (Lipinski definition) is 1. The van der Waals surface area contributed by atoms with Gasteiger partial charge in [-0.05, 0) is 30.2 Å². The lowest BCUT2D eigenvalue weighted by molar-refractivity contribution is -0.133. The average molecular weight is 367 g/mol. The number of benzene rings is 2. The van der Waals surface area contributed by atoms with Crippen molar-refractivity contribution in [2.24, 2.45) is 0 Å². The highest BCUT2D eigenvalue weighted by atomic mass is 16.5. The van der Waals surface area contributed by atoms with Crippen molar-refractivity contribution in [3.63, 3.8) is 0 Å². The number of carbonyl (C=O) groups is 1. The summed E-state index contributed by atoms with van der Waals surface area (Å²) in [5, 5.41) is 3.32. The third-order valence-electron chi connectivity index (χ3n) is 4.85. The van der Waals surface area contributed by atoms with Crippen molar-refractivity contribution in [3.05, 3.63) is 65.7 Å². The lowest BCUT2D eigenvalue weighted by Crippen LogP contribution is -2.48. The summed E-state index contributed by atoms with van der Waals surface area (Å²) in [7, 11) is 0. The number of piperazine rings is 1. The van der Waals surface area contributed by atoms with Gasteiger partial charge in [0.15, 0.2) is 0 Å². The first-order valence-electron chi connectivity index (χ1n) is 9.71. The van der Waals surface area contributed by atoms with Crippen LogP contribution in [0, 0.1) is 0 Å². The number of ether oxygens (including phenoxy) is 1. The summed E-state index contributed by atoms with van der Waals surface area (Å²) in [4.78, 5) is 16.8. The molecule has 1 aliphatic rings. The normalized spacial score (nSPS) is 14.7. The molecule has 0 bridgehead atoms. The molecule has 0 atom stereocenters. The molecular formula is C22H29N3O2. The summed E-state index contributed by atoms with van der Waals surface area (Å²) >= 11 is 0. The Morgan fingerprint density at radius 3 is 2.41 bits per heavy atom. The summed E-state index contributed by atoms with van der Waals surface area (Å²) in [5.41, 5.74) is 2.27. The summed E-state index contributed by atoms with van der Waals surface area (Å²) in [6.45, 7) is 8.27. The van der Waals surface area contributed by atoms with E-state index in [4.69, 9.17) is 4.74 Å². The van der Waals surface area contributed by atoms with Gasteiger partial charge in [0.2, 0.25) is 5.91 Å². The van der Waals surface area contributed by atoms with E-state index in [2.05, 4.69) is 22.3 Å². The van der Waals surface area contributed by atoms with Gasteiger partial charge in [-0.25, -0.2) is 0 Å². The zero-order valence-electron chi connectivity index (χ0n) is 16.1. The molecule has 1 amide bonds. The third kappa shape index (κ3) is 6.08. The van der Waals surface area contributed by atoms with Gasteiger partial charge in [-0.1, -0.05) is 42.5 Å². The smallest absolute Gasteiger partial charge is 0.237 e. The molecular weight excluding hydrogens is 338 g/mol. The van der Waals surface area contributed by atoms with Crippen LogP contribution in [0.3, 0.4) is 0 Å². The molecule has 3 rings (SSSR count). The number of hydrogen-bond acceptors (Lipinski definition) is 4. The van der Waals surface area contributed by atoms with Crippen LogP contribution in [-0.4, -0.2) is 55.0 Å². The molecule has 0 aliphatic carbocycles. The Labute approximate surface area is 161 Å². The minimum Gasteiger partial charge on any atom is -0.489 e. The minimum atomic E-state index is 0.198. The van der Waals surface area contributed by atoms with Crippen LogP contribution in [0.5, 0.6) is 5.75 Å². The Hall–Kier alpha value is -2.37. The molecule has 0 spiro atoms. The predicted molar refractivity (Wildman–Crippen MR) is 108 cm³/mol. The van der Waals surface area contributed by atoms with Crippen LogP contribution >= 0.6 is 0 Å². The highest BCUT2D eigenvalue weighted by Crippen LogP contribution is 2.16. The lowest BCUT2D eigenvalue weighted by Gasteiger charge is -2.29. The van der Waals surface area contributed by atoms with Crippen molar-refractivity contribution >= 4 is 5.91 Å². The topological polar surface area (TPSA) is 44.8 Å². The number of nitrogens with zero attached hydrogens (tertiary/aromatic N) is 2. The fraction of sp³-hybridized carbons (Fsp3) is 0.409. The van der Waals surface area contributed by atoms with Gasteiger partial charge in [-0.3, -0.25) is 9.69 Å². The first-order valence-corrected chi connectivity index (χ1v) is 9.71. The molecule has 1 fully saturated rings. The molecule has 144 valence electrons. The Morgan fingerprint density at radius 2 is 1.74 bits per heavy atom. The van der Waals surface area contributed by atoms with Crippen molar-refractivity contribution in [2.75, 3.05) is 39.3 Å². The maximum absolute atomic E-state index is 12.6. The number of amides is 1. The van der Waals surface area contributed by atoms with Gasteiger partial charge in [0.1, 0.15) is 12.4 Å². The first-order chi connectivity index (χ1) is 13.2. The quantitative estimate of drug-likeness (QED) is 0.779. The average Bonchev–Trinajstić information content (AvgIpc) is 2.73. The molecule has 1 aliphatic heterocycles. The van der Waals surface area contributed by atoms with Crippen LogP contribution in [-0.2, 0) is 17.9 Å². The van der Waals surface area contributed by atoms with Crippen molar-refractivity contribution in [1.82, 2.24) is 15.1 Å². The third-order valence-corrected chi connectivity index (χ3v) is 4.85. The van der Waals surface area contributed by atoms with Crippen LogP contribution in [0.25, 0.3) is 0 Å². The fourth-order valence-corrected chi connectivity index (χ4v) is 3.19. The maximum Gasteiger partial charge on any atom is 0.237 e. The van der Waals surface area contributed by atoms with Gasteiger partial charge in [0.25, 0.3) is 0 Å². The van der Waals surface area contributed by atoms with Gasteiger partial charge in [0, 0.05) is 39.3 Å². The van der Waals surface area contributed by atoms with E-state index < -0.39 is 0 Å². The van der Waals surface area contributed by atoms with Crippen molar-refractivity contribution in [2.45, 2.75) is 20.1 Å². The maximum atomic E-state index is 12.6. The zero-order chi connectivity index (χ0) is 18.9. The molecule has 0 unspecified atom stereocenters. The number of likely N-dealkylation sites (N-methyl/N-ethyl adjacent to an activating group) is 1. The van der Waals surface area contributed by atoms with E-state index in [0.717, 1.165) is 49.6 Å². The summed E-state index contributed by atoms with van der Waals surface area (Å²) in [6.07, 6.45) is 0. The summed E-state index contributed by atoms with van der Waals surface area (Å²) < 4.78 is 5.83.